The molecular weight excluding hydrogens is 416 g/mol. The van der Waals surface area contributed by atoms with Gasteiger partial charge in [-0.25, -0.2) is 15.0 Å². The summed E-state index contributed by atoms with van der Waals surface area (Å²) in [5.41, 5.74) is 1.44. The van der Waals surface area contributed by atoms with Crippen molar-refractivity contribution < 1.29 is 9.59 Å². The maximum atomic E-state index is 12.8. The van der Waals surface area contributed by atoms with Crippen molar-refractivity contribution in [1.82, 2.24) is 24.8 Å². The average Bonchev–Trinajstić information content (AvgIpc) is 3.27. The number of rotatable bonds is 7. The zero-order chi connectivity index (χ0) is 21.6. The molecule has 0 radical (unpaired) electrons. The SMILES string of the molecule is O=C(CC(=O)c1ccccc1Cn1ccnc1)NC1CCN(c2ccnc(Cl)n2)CC1. The predicted octanol–water partition coefficient (Wildman–Crippen LogP) is 2.73. The van der Waals surface area contributed by atoms with Crippen molar-refractivity contribution in [1.29, 1.82) is 0 Å². The number of anilines is 1. The molecule has 0 bridgehead atoms. The zero-order valence-corrected chi connectivity index (χ0v) is 17.7. The van der Waals surface area contributed by atoms with Gasteiger partial charge in [0, 0.05) is 49.8 Å². The first-order valence-corrected chi connectivity index (χ1v) is 10.6. The molecule has 160 valence electrons. The van der Waals surface area contributed by atoms with Crippen LogP contribution in [-0.4, -0.2) is 50.3 Å². The molecule has 4 rings (SSSR count). The Labute approximate surface area is 185 Å². The molecule has 0 unspecified atom stereocenters. The van der Waals surface area contributed by atoms with Crippen LogP contribution in [0.2, 0.25) is 5.28 Å². The summed E-state index contributed by atoms with van der Waals surface area (Å²) < 4.78 is 1.89. The third-order valence-electron chi connectivity index (χ3n) is 5.35. The number of halogens is 1. The molecular formula is C22H23ClN6O2. The fraction of sp³-hybridized carbons (Fsp3) is 0.318. The smallest absolute Gasteiger partial charge is 0.228 e. The van der Waals surface area contributed by atoms with Crippen molar-refractivity contribution in [3.05, 3.63) is 71.7 Å². The van der Waals surface area contributed by atoms with E-state index < -0.39 is 0 Å². The van der Waals surface area contributed by atoms with Gasteiger partial charge in [-0.1, -0.05) is 24.3 Å². The summed E-state index contributed by atoms with van der Waals surface area (Å²) in [6.07, 6.45) is 8.27. The van der Waals surface area contributed by atoms with Gasteiger partial charge in [0.2, 0.25) is 11.2 Å². The maximum absolute atomic E-state index is 12.8. The van der Waals surface area contributed by atoms with Gasteiger partial charge >= 0.3 is 0 Å². The van der Waals surface area contributed by atoms with Crippen LogP contribution in [0.4, 0.5) is 5.82 Å². The van der Waals surface area contributed by atoms with Crippen molar-refractivity contribution in [3.8, 4) is 0 Å². The molecule has 2 aromatic heterocycles. The molecule has 0 spiro atoms. The molecule has 1 aliphatic heterocycles. The summed E-state index contributed by atoms with van der Waals surface area (Å²) in [5.74, 6) is 0.363. The van der Waals surface area contributed by atoms with Crippen LogP contribution in [-0.2, 0) is 11.3 Å². The van der Waals surface area contributed by atoms with E-state index in [2.05, 4.69) is 25.2 Å². The monoisotopic (exact) mass is 438 g/mol. The standard InChI is InChI=1S/C22H23ClN6O2/c23-22-25-8-5-20(27-22)29-10-6-17(7-11-29)26-21(31)13-19(30)18-4-2-1-3-16(18)14-28-12-9-24-15-28/h1-5,8-9,12,15,17H,6-7,10-11,13-14H2,(H,26,31). The number of nitrogens with zero attached hydrogens (tertiary/aromatic N) is 5. The molecule has 9 heteroatoms. The number of hydrogen-bond donors (Lipinski definition) is 1. The predicted molar refractivity (Wildman–Crippen MR) is 117 cm³/mol. The minimum absolute atomic E-state index is 0.0371. The third-order valence-corrected chi connectivity index (χ3v) is 5.53. The first kappa shape index (κ1) is 21.0. The molecule has 8 nitrogen and oxygen atoms in total. The Bertz CT molecular complexity index is 1050. The lowest BCUT2D eigenvalue weighted by Gasteiger charge is -2.33. The Hall–Kier alpha value is -3.26. The number of imidazole rings is 1. The van der Waals surface area contributed by atoms with Gasteiger partial charge in [-0.15, -0.1) is 0 Å². The zero-order valence-electron chi connectivity index (χ0n) is 16.9. The number of carbonyl (C=O) groups is 2. The molecule has 3 aromatic rings. The van der Waals surface area contributed by atoms with E-state index in [1.807, 2.05) is 35.0 Å². The summed E-state index contributed by atoms with van der Waals surface area (Å²) in [7, 11) is 0. The summed E-state index contributed by atoms with van der Waals surface area (Å²) in [6, 6.07) is 9.24. The lowest BCUT2D eigenvalue weighted by Crippen LogP contribution is -2.45. The third kappa shape index (κ3) is 5.46. The molecule has 31 heavy (non-hydrogen) atoms. The Morgan fingerprint density at radius 3 is 2.68 bits per heavy atom. The molecule has 1 aliphatic rings. The first-order valence-electron chi connectivity index (χ1n) is 10.2. The van der Waals surface area contributed by atoms with Crippen LogP contribution in [0, 0.1) is 0 Å². The number of benzene rings is 1. The number of amides is 1. The topological polar surface area (TPSA) is 93.0 Å². The molecule has 1 amide bonds. The van der Waals surface area contributed by atoms with Crippen molar-refractivity contribution in [2.75, 3.05) is 18.0 Å². The number of Topliss-reactive ketones (excluding diaryl/α,β-unsaturated/α-hetero) is 1. The summed E-state index contributed by atoms with van der Waals surface area (Å²) in [4.78, 5) is 39.6. The van der Waals surface area contributed by atoms with Gasteiger partial charge in [-0.2, -0.15) is 0 Å². The number of ketones is 1. The highest BCUT2D eigenvalue weighted by Crippen LogP contribution is 2.19. The van der Waals surface area contributed by atoms with Gasteiger partial charge < -0.3 is 14.8 Å². The largest absolute Gasteiger partial charge is 0.356 e. The normalized spacial score (nSPS) is 14.4. The molecule has 1 N–H and O–H groups in total. The van der Waals surface area contributed by atoms with Crippen LogP contribution in [0.1, 0.15) is 35.2 Å². The van der Waals surface area contributed by atoms with Crippen molar-refractivity contribution in [3.63, 3.8) is 0 Å². The van der Waals surface area contributed by atoms with E-state index in [1.54, 1.807) is 24.8 Å². The van der Waals surface area contributed by atoms with E-state index in [1.165, 1.54) is 0 Å². The van der Waals surface area contributed by atoms with E-state index in [4.69, 9.17) is 11.6 Å². The van der Waals surface area contributed by atoms with E-state index in [0.29, 0.717) is 12.1 Å². The minimum atomic E-state index is -0.244. The number of hydrogen-bond acceptors (Lipinski definition) is 6. The quantitative estimate of drug-likeness (QED) is 0.346. The van der Waals surface area contributed by atoms with Crippen LogP contribution in [0.15, 0.2) is 55.2 Å². The Morgan fingerprint density at radius 2 is 1.94 bits per heavy atom. The molecule has 0 atom stereocenters. The summed E-state index contributed by atoms with van der Waals surface area (Å²) in [5, 5.41) is 3.23. The van der Waals surface area contributed by atoms with Crippen molar-refractivity contribution in [2.45, 2.75) is 31.8 Å². The van der Waals surface area contributed by atoms with Crippen LogP contribution in [0.3, 0.4) is 0 Å². The minimum Gasteiger partial charge on any atom is -0.356 e. The van der Waals surface area contributed by atoms with E-state index in [9.17, 15) is 9.59 Å². The Morgan fingerprint density at radius 1 is 1.13 bits per heavy atom. The van der Waals surface area contributed by atoms with Crippen LogP contribution in [0.5, 0.6) is 0 Å². The fourth-order valence-electron chi connectivity index (χ4n) is 3.78. The number of carbonyl (C=O) groups excluding carboxylic acids is 2. The highest BCUT2D eigenvalue weighted by atomic mass is 35.5. The van der Waals surface area contributed by atoms with E-state index in [-0.39, 0.29) is 29.4 Å². The number of nitrogens with one attached hydrogen (secondary N) is 1. The second kappa shape index (κ2) is 9.70. The summed E-state index contributed by atoms with van der Waals surface area (Å²) >= 11 is 5.87. The lowest BCUT2D eigenvalue weighted by atomic mass is 10.0. The fourth-order valence-corrected chi connectivity index (χ4v) is 3.92. The van der Waals surface area contributed by atoms with E-state index >= 15 is 0 Å². The Balaban J connectivity index is 1.30. The second-order valence-electron chi connectivity index (χ2n) is 7.50. The van der Waals surface area contributed by atoms with Crippen LogP contribution >= 0.6 is 11.6 Å². The van der Waals surface area contributed by atoms with Gasteiger partial charge in [0.15, 0.2) is 5.78 Å². The molecule has 0 saturated carbocycles. The van der Waals surface area contributed by atoms with Gasteiger partial charge in [0.25, 0.3) is 0 Å². The lowest BCUT2D eigenvalue weighted by molar-refractivity contribution is -0.121. The summed E-state index contributed by atoms with van der Waals surface area (Å²) in [6.45, 7) is 2.04. The van der Waals surface area contributed by atoms with Gasteiger partial charge in [0.1, 0.15) is 5.82 Å². The molecule has 0 aliphatic carbocycles. The Kier molecular flexibility index (Phi) is 6.57. The average molecular weight is 439 g/mol. The van der Waals surface area contributed by atoms with Crippen LogP contribution in [0.25, 0.3) is 0 Å². The van der Waals surface area contributed by atoms with Crippen LogP contribution < -0.4 is 10.2 Å². The second-order valence-corrected chi connectivity index (χ2v) is 7.84. The molecule has 3 heterocycles. The molecule has 1 fully saturated rings. The first-order chi connectivity index (χ1) is 15.1. The van der Waals surface area contributed by atoms with Crippen molar-refractivity contribution in [2.24, 2.45) is 0 Å². The van der Waals surface area contributed by atoms with Gasteiger partial charge in [0.05, 0.1) is 12.7 Å². The molecule has 1 aromatic carbocycles. The van der Waals surface area contributed by atoms with Gasteiger partial charge in [-0.05, 0) is 36.1 Å². The maximum Gasteiger partial charge on any atom is 0.228 e. The highest BCUT2D eigenvalue weighted by Gasteiger charge is 2.23. The van der Waals surface area contributed by atoms with Crippen molar-refractivity contribution >= 4 is 29.1 Å². The number of aromatic nitrogens is 4. The van der Waals surface area contributed by atoms with Gasteiger partial charge in [-0.3, -0.25) is 9.59 Å². The number of piperidine rings is 1. The molecule has 1 saturated heterocycles. The highest BCUT2D eigenvalue weighted by molar-refractivity contribution is 6.28. The van der Waals surface area contributed by atoms with E-state index in [0.717, 1.165) is 37.3 Å².